The van der Waals surface area contributed by atoms with E-state index in [1.165, 1.54) is 12.4 Å². The van der Waals surface area contributed by atoms with E-state index in [1.54, 1.807) is 12.1 Å². The lowest BCUT2D eigenvalue weighted by Crippen LogP contribution is -2.51. The van der Waals surface area contributed by atoms with E-state index >= 15 is 0 Å². The summed E-state index contributed by atoms with van der Waals surface area (Å²) in [4.78, 5) is 25.9. The lowest BCUT2D eigenvalue weighted by atomic mass is 10.1. The van der Waals surface area contributed by atoms with Gasteiger partial charge in [0.15, 0.2) is 0 Å². The van der Waals surface area contributed by atoms with Gasteiger partial charge in [0.25, 0.3) is 11.8 Å². The smallest absolute Gasteiger partial charge is 0.268 e. The Morgan fingerprint density at radius 1 is 1.25 bits per heavy atom. The Labute approximate surface area is 140 Å². The van der Waals surface area contributed by atoms with Gasteiger partial charge in [0.1, 0.15) is 6.04 Å². The zero-order valence-corrected chi connectivity index (χ0v) is 13.6. The largest absolute Gasteiger partial charge is 0.391 e. The molecular formula is C16H23N3O5. The second-order valence-electron chi connectivity index (χ2n) is 5.75. The van der Waals surface area contributed by atoms with Gasteiger partial charge in [-0.2, -0.15) is 0 Å². The third kappa shape index (κ3) is 5.00. The molecule has 2 atom stereocenters. The molecule has 1 aromatic carbocycles. The second-order valence-corrected chi connectivity index (χ2v) is 5.75. The summed E-state index contributed by atoms with van der Waals surface area (Å²) in [6.45, 7) is 5.37. The van der Waals surface area contributed by atoms with Crippen LogP contribution in [0.15, 0.2) is 24.3 Å². The predicted octanol–water partition coefficient (Wildman–Crippen LogP) is -0.497. The number of hydrogen-bond acceptors (Lipinski definition) is 6. The molecular weight excluding hydrogens is 314 g/mol. The van der Waals surface area contributed by atoms with Crippen molar-refractivity contribution in [3.63, 3.8) is 0 Å². The number of nitrogens with zero attached hydrogens (tertiary/aromatic N) is 1. The molecule has 0 unspecified atom stereocenters. The molecule has 1 heterocycles. The molecule has 0 spiro atoms. The van der Waals surface area contributed by atoms with Gasteiger partial charge >= 0.3 is 0 Å². The van der Waals surface area contributed by atoms with Crippen molar-refractivity contribution < 1.29 is 24.6 Å². The number of carbonyl (C=O) groups excluding carboxylic acids is 2. The Morgan fingerprint density at radius 3 is 2.42 bits per heavy atom. The minimum absolute atomic E-state index is 0.372. The van der Waals surface area contributed by atoms with Gasteiger partial charge in [-0.1, -0.05) is 12.1 Å². The van der Waals surface area contributed by atoms with E-state index in [0.717, 1.165) is 38.4 Å². The molecule has 8 heteroatoms. The summed E-state index contributed by atoms with van der Waals surface area (Å²) < 4.78 is 5.31. The fourth-order valence-corrected chi connectivity index (χ4v) is 2.48. The van der Waals surface area contributed by atoms with Crippen molar-refractivity contribution >= 4 is 11.8 Å². The number of carbonyl (C=O) groups is 2. The van der Waals surface area contributed by atoms with Crippen LogP contribution < -0.4 is 10.8 Å². The minimum Gasteiger partial charge on any atom is -0.391 e. The van der Waals surface area contributed by atoms with Crippen molar-refractivity contribution in [1.29, 1.82) is 0 Å². The first-order valence-electron chi connectivity index (χ1n) is 7.83. The van der Waals surface area contributed by atoms with Crippen LogP contribution in [0, 0.1) is 0 Å². The molecule has 24 heavy (non-hydrogen) atoms. The number of ether oxygens (including phenoxy) is 1. The number of hydrogen-bond donors (Lipinski definition) is 4. The number of morpholine rings is 1. The summed E-state index contributed by atoms with van der Waals surface area (Å²) in [6.07, 6.45) is -1.14. The topological polar surface area (TPSA) is 111 Å². The van der Waals surface area contributed by atoms with Gasteiger partial charge in [0.2, 0.25) is 0 Å². The first kappa shape index (κ1) is 18.3. The van der Waals surface area contributed by atoms with Crippen LogP contribution in [0.1, 0.15) is 22.8 Å². The number of aliphatic hydroxyl groups excluding tert-OH is 1. The molecule has 0 bridgehead atoms. The van der Waals surface area contributed by atoms with Crippen molar-refractivity contribution in [2.45, 2.75) is 25.6 Å². The third-order valence-electron chi connectivity index (χ3n) is 3.89. The highest BCUT2D eigenvalue weighted by Gasteiger charge is 2.25. The number of nitrogens with one attached hydrogen (secondary N) is 2. The van der Waals surface area contributed by atoms with Crippen LogP contribution in [-0.2, 0) is 16.1 Å². The Balaban J connectivity index is 1.96. The van der Waals surface area contributed by atoms with Crippen molar-refractivity contribution in [1.82, 2.24) is 15.7 Å². The molecule has 1 aromatic rings. The zero-order chi connectivity index (χ0) is 17.5. The molecule has 1 aliphatic heterocycles. The molecule has 0 saturated carbocycles. The summed E-state index contributed by atoms with van der Waals surface area (Å²) in [7, 11) is 0. The quantitative estimate of drug-likeness (QED) is 0.411. The number of benzene rings is 1. The van der Waals surface area contributed by atoms with Crippen molar-refractivity contribution in [3.8, 4) is 0 Å². The Hall–Kier alpha value is -2.00. The molecule has 0 aliphatic carbocycles. The predicted molar refractivity (Wildman–Crippen MR) is 85.4 cm³/mol. The molecule has 4 N–H and O–H groups in total. The molecule has 8 nitrogen and oxygen atoms in total. The van der Waals surface area contributed by atoms with E-state index in [9.17, 15) is 14.7 Å². The first-order valence-corrected chi connectivity index (χ1v) is 7.83. The van der Waals surface area contributed by atoms with Crippen molar-refractivity contribution in [3.05, 3.63) is 35.4 Å². The Kier molecular flexibility index (Phi) is 6.68. The van der Waals surface area contributed by atoms with Crippen LogP contribution in [0.5, 0.6) is 0 Å². The van der Waals surface area contributed by atoms with Crippen LogP contribution in [0.4, 0.5) is 0 Å². The number of amides is 2. The molecule has 2 rings (SSSR count). The van der Waals surface area contributed by atoms with Crippen LogP contribution in [0.2, 0.25) is 0 Å². The zero-order valence-electron chi connectivity index (χ0n) is 13.6. The first-order chi connectivity index (χ1) is 11.5. The molecule has 0 radical (unpaired) electrons. The van der Waals surface area contributed by atoms with Crippen molar-refractivity contribution in [2.75, 3.05) is 26.3 Å². The van der Waals surface area contributed by atoms with E-state index in [2.05, 4.69) is 10.2 Å². The van der Waals surface area contributed by atoms with Crippen LogP contribution in [0.3, 0.4) is 0 Å². The van der Waals surface area contributed by atoms with Crippen molar-refractivity contribution in [2.24, 2.45) is 0 Å². The monoisotopic (exact) mass is 337 g/mol. The second kappa shape index (κ2) is 8.74. The lowest BCUT2D eigenvalue weighted by Gasteiger charge is -2.26. The highest BCUT2D eigenvalue weighted by molar-refractivity contribution is 5.97. The highest BCUT2D eigenvalue weighted by Crippen LogP contribution is 2.10. The van der Waals surface area contributed by atoms with Gasteiger partial charge in [0, 0.05) is 25.2 Å². The molecule has 1 fully saturated rings. The SMILES string of the molecule is C[C@@H](O)[C@H](NC(=O)c1ccc(CN2CCOCC2)cc1)C(=O)NO. The Morgan fingerprint density at radius 2 is 1.88 bits per heavy atom. The van der Waals surface area contributed by atoms with Gasteiger partial charge in [-0.25, -0.2) is 5.48 Å². The van der Waals surface area contributed by atoms with E-state index in [0.29, 0.717) is 5.56 Å². The molecule has 1 aliphatic rings. The van der Waals surface area contributed by atoms with E-state index in [-0.39, 0.29) is 0 Å². The summed E-state index contributed by atoms with van der Waals surface area (Å²) in [5.74, 6) is -1.37. The van der Waals surface area contributed by atoms with Gasteiger partial charge in [-0.15, -0.1) is 0 Å². The van der Waals surface area contributed by atoms with Gasteiger partial charge < -0.3 is 15.2 Å². The van der Waals surface area contributed by atoms with Gasteiger partial charge in [-0.3, -0.25) is 19.7 Å². The van der Waals surface area contributed by atoms with E-state index in [4.69, 9.17) is 9.94 Å². The number of hydroxylamine groups is 1. The third-order valence-corrected chi connectivity index (χ3v) is 3.89. The summed E-state index contributed by atoms with van der Waals surface area (Å²) in [5, 5.41) is 20.6. The number of aliphatic hydroxyl groups is 1. The van der Waals surface area contributed by atoms with Gasteiger partial charge in [-0.05, 0) is 24.6 Å². The Bertz CT molecular complexity index is 555. The van der Waals surface area contributed by atoms with E-state index < -0.39 is 24.0 Å². The molecule has 2 amide bonds. The molecule has 1 saturated heterocycles. The fourth-order valence-electron chi connectivity index (χ4n) is 2.48. The van der Waals surface area contributed by atoms with E-state index in [1.807, 2.05) is 12.1 Å². The maximum atomic E-state index is 12.2. The summed E-state index contributed by atoms with van der Waals surface area (Å²) in [5.41, 5.74) is 2.88. The fraction of sp³-hybridized carbons (Fsp3) is 0.500. The molecule has 132 valence electrons. The number of rotatable bonds is 6. The van der Waals surface area contributed by atoms with Gasteiger partial charge in [0.05, 0.1) is 19.3 Å². The van der Waals surface area contributed by atoms with Crippen LogP contribution in [0.25, 0.3) is 0 Å². The maximum absolute atomic E-state index is 12.2. The normalized spacial score (nSPS) is 17.8. The standard InChI is InChI=1S/C16H23N3O5/c1-11(20)14(16(22)18-23)17-15(21)13-4-2-12(3-5-13)10-19-6-8-24-9-7-19/h2-5,11,14,20,23H,6-10H2,1H3,(H,17,21)(H,18,22)/t11-,14+/m1/s1. The molecule has 0 aromatic heterocycles. The lowest BCUT2D eigenvalue weighted by molar-refractivity contribution is -0.133. The summed E-state index contributed by atoms with van der Waals surface area (Å²) in [6, 6.07) is 5.82. The average Bonchev–Trinajstić information content (AvgIpc) is 2.60. The average molecular weight is 337 g/mol. The van der Waals surface area contributed by atoms with Crippen LogP contribution in [-0.4, -0.2) is 65.5 Å². The maximum Gasteiger partial charge on any atom is 0.268 e. The highest BCUT2D eigenvalue weighted by atomic mass is 16.5. The summed E-state index contributed by atoms with van der Waals surface area (Å²) >= 11 is 0. The van der Waals surface area contributed by atoms with Crippen LogP contribution >= 0.6 is 0 Å². The minimum atomic E-state index is -1.23.